The second-order valence-electron chi connectivity index (χ2n) is 4.94. The topological polar surface area (TPSA) is 38.7 Å². The number of benzene rings is 2. The van der Waals surface area contributed by atoms with Gasteiger partial charge in [-0.3, -0.25) is 0 Å². The molecule has 104 valence electrons. The van der Waals surface area contributed by atoms with Crippen LogP contribution in [-0.2, 0) is 0 Å². The molecule has 2 aromatic carbocycles. The standard InChI is InChI=1S/C16H15BrO3/c1-9-12-8-11(17)4-6-14(12)20-16(9)10-3-5-13(18)15(7-10)19-2/h3-9,16,18H,1-2H3. The molecule has 0 aliphatic carbocycles. The quantitative estimate of drug-likeness (QED) is 0.884. The lowest BCUT2D eigenvalue weighted by atomic mass is 9.93. The van der Waals surface area contributed by atoms with E-state index >= 15 is 0 Å². The van der Waals surface area contributed by atoms with Crippen molar-refractivity contribution >= 4 is 15.9 Å². The monoisotopic (exact) mass is 334 g/mol. The van der Waals surface area contributed by atoms with E-state index < -0.39 is 0 Å². The molecule has 4 heteroatoms. The molecule has 0 saturated heterocycles. The molecule has 20 heavy (non-hydrogen) atoms. The van der Waals surface area contributed by atoms with Gasteiger partial charge in [0.15, 0.2) is 11.5 Å². The van der Waals surface area contributed by atoms with Crippen LogP contribution in [0.15, 0.2) is 40.9 Å². The minimum atomic E-state index is -0.0613. The first kappa shape index (κ1) is 13.3. The Bertz CT molecular complexity index is 654. The Hall–Kier alpha value is -1.68. The van der Waals surface area contributed by atoms with Gasteiger partial charge in [0.1, 0.15) is 11.9 Å². The molecule has 0 radical (unpaired) electrons. The second-order valence-corrected chi connectivity index (χ2v) is 5.86. The highest BCUT2D eigenvalue weighted by atomic mass is 79.9. The van der Waals surface area contributed by atoms with Gasteiger partial charge in [0, 0.05) is 16.0 Å². The normalized spacial score (nSPS) is 20.4. The van der Waals surface area contributed by atoms with E-state index in [-0.39, 0.29) is 17.8 Å². The third-order valence-corrected chi connectivity index (χ3v) is 4.20. The lowest BCUT2D eigenvalue weighted by Gasteiger charge is -2.17. The van der Waals surface area contributed by atoms with E-state index in [1.807, 2.05) is 24.3 Å². The minimum absolute atomic E-state index is 0.0613. The molecule has 1 aliphatic heterocycles. The Labute approximate surface area is 126 Å². The number of aromatic hydroxyl groups is 1. The highest BCUT2D eigenvalue weighted by Gasteiger charge is 2.32. The molecule has 0 amide bonds. The summed E-state index contributed by atoms with van der Waals surface area (Å²) in [5.41, 5.74) is 2.19. The third kappa shape index (κ3) is 2.14. The molecule has 2 aromatic rings. The van der Waals surface area contributed by atoms with Crippen LogP contribution in [0.4, 0.5) is 0 Å². The first-order chi connectivity index (χ1) is 9.60. The number of halogens is 1. The first-order valence-electron chi connectivity index (χ1n) is 6.43. The summed E-state index contributed by atoms with van der Waals surface area (Å²) in [7, 11) is 1.55. The zero-order valence-corrected chi connectivity index (χ0v) is 12.8. The molecule has 1 aliphatic rings. The molecule has 0 saturated carbocycles. The van der Waals surface area contributed by atoms with Crippen molar-refractivity contribution in [2.24, 2.45) is 0 Å². The third-order valence-electron chi connectivity index (χ3n) is 3.70. The number of rotatable bonds is 2. The molecular formula is C16H15BrO3. The van der Waals surface area contributed by atoms with Crippen molar-refractivity contribution in [3.63, 3.8) is 0 Å². The smallest absolute Gasteiger partial charge is 0.160 e. The van der Waals surface area contributed by atoms with Gasteiger partial charge in [-0.05, 0) is 35.9 Å². The summed E-state index contributed by atoms with van der Waals surface area (Å²) in [5.74, 6) is 1.77. The van der Waals surface area contributed by atoms with E-state index in [9.17, 15) is 5.11 Å². The number of methoxy groups -OCH3 is 1. The van der Waals surface area contributed by atoms with Gasteiger partial charge in [-0.15, -0.1) is 0 Å². The van der Waals surface area contributed by atoms with Gasteiger partial charge in [0.2, 0.25) is 0 Å². The first-order valence-corrected chi connectivity index (χ1v) is 7.22. The molecule has 1 heterocycles. The summed E-state index contributed by atoms with van der Waals surface area (Å²) < 4.78 is 12.3. The molecule has 2 unspecified atom stereocenters. The van der Waals surface area contributed by atoms with Crippen LogP contribution in [0, 0.1) is 0 Å². The Kier molecular flexibility index (Phi) is 3.34. The number of phenols is 1. The van der Waals surface area contributed by atoms with E-state index in [1.54, 1.807) is 13.2 Å². The highest BCUT2D eigenvalue weighted by molar-refractivity contribution is 9.10. The summed E-state index contributed by atoms with van der Waals surface area (Å²) in [6.45, 7) is 2.14. The summed E-state index contributed by atoms with van der Waals surface area (Å²) in [4.78, 5) is 0. The Morgan fingerprint density at radius 2 is 2.00 bits per heavy atom. The second kappa shape index (κ2) is 5.02. The van der Waals surface area contributed by atoms with Gasteiger partial charge in [0.25, 0.3) is 0 Å². The van der Waals surface area contributed by atoms with Crippen molar-refractivity contribution < 1.29 is 14.6 Å². The van der Waals surface area contributed by atoms with E-state index in [1.165, 1.54) is 5.56 Å². The summed E-state index contributed by atoms with van der Waals surface area (Å²) in [6, 6.07) is 11.4. The van der Waals surface area contributed by atoms with E-state index in [4.69, 9.17) is 9.47 Å². The molecule has 1 N–H and O–H groups in total. The minimum Gasteiger partial charge on any atom is -0.504 e. The number of fused-ring (bicyclic) bond motifs is 1. The predicted octanol–water partition coefficient (Wildman–Crippen LogP) is 4.40. The molecule has 3 rings (SSSR count). The maximum Gasteiger partial charge on any atom is 0.160 e. The van der Waals surface area contributed by atoms with Crippen molar-refractivity contribution in [3.05, 3.63) is 52.0 Å². The predicted molar refractivity (Wildman–Crippen MR) is 80.6 cm³/mol. The van der Waals surface area contributed by atoms with E-state index in [0.717, 1.165) is 15.8 Å². The van der Waals surface area contributed by atoms with Crippen molar-refractivity contribution in [3.8, 4) is 17.2 Å². The van der Waals surface area contributed by atoms with Crippen molar-refractivity contribution in [2.75, 3.05) is 7.11 Å². The van der Waals surface area contributed by atoms with Gasteiger partial charge in [-0.25, -0.2) is 0 Å². The Morgan fingerprint density at radius 3 is 2.75 bits per heavy atom. The van der Waals surface area contributed by atoms with Crippen molar-refractivity contribution in [2.45, 2.75) is 18.9 Å². The Balaban J connectivity index is 1.97. The van der Waals surface area contributed by atoms with Crippen LogP contribution < -0.4 is 9.47 Å². The van der Waals surface area contributed by atoms with E-state index in [2.05, 4.69) is 28.9 Å². The Morgan fingerprint density at radius 1 is 1.20 bits per heavy atom. The van der Waals surface area contributed by atoms with Crippen LogP contribution in [0.25, 0.3) is 0 Å². The number of phenolic OH excluding ortho intramolecular Hbond substituents is 1. The van der Waals surface area contributed by atoms with Crippen molar-refractivity contribution in [1.82, 2.24) is 0 Å². The van der Waals surface area contributed by atoms with Gasteiger partial charge >= 0.3 is 0 Å². The summed E-state index contributed by atoms with van der Waals surface area (Å²) in [6.07, 6.45) is -0.0613. The zero-order valence-electron chi connectivity index (χ0n) is 11.3. The van der Waals surface area contributed by atoms with Gasteiger partial charge in [-0.2, -0.15) is 0 Å². The average molecular weight is 335 g/mol. The lowest BCUT2D eigenvalue weighted by molar-refractivity contribution is 0.215. The van der Waals surface area contributed by atoms with Crippen LogP contribution in [0.1, 0.15) is 30.1 Å². The molecular weight excluding hydrogens is 320 g/mol. The number of hydrogen-bond acceptors (Lipinski definition) is 3. The van der Waals surface area contributed by atoms with Crippen LogP contribution in [0.2, 0.25) is 0 Å². The van der Waals surface area contributed by atoms with Crippen LogP contribution >= 0.6 is 15.9 Å². The zero-order chi connectivity index (χ0) is 14.3. The van der Waals surface area contributed by atoms with Crippen LogP contribution in [0.5, 0.6) is 17.2 Å². The molecule has 0 aromatic heterocycles. The molecule has 0 bridgehead atoms. The van der Waals surface area contributed by atoms with Gasteiger partial charge < -0.3 is 14.6 Å². The largest absolute Gasteiger partial charge is 0.504 e. The van der Waals surface area contributed by atoms with Crippen molar-refractivity contribution in [1.29, 1.82) is 0 Å². The molecule has 3 nitrogen and oxygen atoms in total. The lowest BCUT2D eigenvalue weighted by Crippen LogP contribution is -2.07. The maximum atomic E-state index is 9.68. The fourth-order valence-electron chi connectivity index (χ4n) is 2.61. The fraction of sp³-hybridized carbons (Fsp3) is 0.250. The van der Waals surface area contributed by atoms with Gasteiger partial charge in [-0.1, -0.05) is 28.9 Å². The molecule has 0 fully saturated rings. The maximum absolute atomic E-state index is 9.68. The molecule has 2 atom stereocenters. The van der Waals surface area contributed by atoms with Crippen LogP contribution in [0.3, 0.4) is 0 Å². The average Bonchev–Trinajstić information content (AvgIpc) is 2.77. The van der Waals surface area contributed by atoms with Gasteiger partial charge in [0.05, 0.1) is 7.11 Å². The van der Waals surface area contributed by atoms with E-state index in [0.29, 0.717) is 5.75 Å². The number of ether oxygens (including phenoxy) is 2. The summed E-state index contributed by atoms with van der Waals surface area (Å²) >= 11 is 3.49. The summed E-state index contributed by atoms with van der Waals surface area (Å²) in [5, 5.41) is 9.68. The fourth-order valence-corrected chi connectivity index (χ4v) is 2.99. The number of hydrogen-bond donors (Lipinski definition) is 1. The SMILES string of the molecule is COc1cc(C2Oc3ccc(Br)cc3C2C)ccc1O. The molecule has 0 spiro atoms. The van der Waals surface area contributed by atoms with Crippen LogP contribution in [-0.4, -0.2) is 12.2 Å². The highest BCUT2D eigenvalue weighted by Crippen LogP contribution is 2.47.